The predicted octanol–water partition coefficient (Wildman–Crippen LogP) is 3.60. The molecule has 2 heteroatoms. The molecule has 0 aliphatic carbocycles. The number of hydrogen-bond donors (Lipinski definition) is 1. The zero-order chi connectivity index (χ0) is 13.5. The van der Waals surface area contributed by atoms with Crippen molar-refractivity contribution in [2.75, 3.05) is 19.6 Å². The number of benzene rings is 1. The highest BCUT2D eigenvalue weighted by molar-refractivity contribution is 5.20. The SMILES string of the molecule is CCNCC(c1ccccc1)N1CCCCC1CC. The topological polar surface area (TPSA) is 15.3 Å². The van der Waals surface area contributed by atoms with E-state index in [4.69, 9.17) is 0 Å². The highest BCUT2D eigenvalue weighted by Crippen LogP contribution is 2.29. The van der Waals surface area contributed by atoms with Crippen LogP contribution in [0.5, 0.6) is 0 Å². The lowest BCUT2D eigenvalue weighted by Gasteiger charge is -2.41. The average molecular weight is 260 g/mol. The number of hydrogen-bond acceptors (Lipinski definition) is 2. The Morgan fingerprint density at radius 2 is 2.00 bits per heavy atom. The van der Waals surface area contributed by atoms with Crippen LogP contribution in [0.3, 0.4) is 0 Å². The monoisotopic (exact) mass is 260 g/mol. The molecule has 2 rings (SSSR count). The number of likely N-dealkylation sites (N-methyl/N-ethyl adjacent to an activating group) is 1. The Balaban J connectivity index is 2.16. The van der Waals surface area contributed by atoms with Gasteiger partial charge in [0.25, 0.3) is 0 Å². The molecule has 1 fully saturated rings. The van der Waals surface area contributed by atoms with Gasteiger partial charge in [0.1, 0.15) is 0 Å². The van der Waals surface area contributed by atoms with Gasteiger partial charge in [-0.25, -0.2) is 0 Å². The standard InChI is InChI=1S/C17H28N2/c1-3-16-12-8-9-13-19(16)17(14-18-4-2)15-10-6-5-7-11-15/h5-7,10-11,16-18H,3-4,8-9,12-14H2,1-2H3. The van der Waals surface area contributed by atoms with Gasteiger partial charge in [0.05, 0.1) is 0 Å². The van der Waals surface area contributed by atoms with Gasteiger partial charge in [0.15, 0.2) is 0 Å². The van der Waals surface area contributed by atoms with Gasteiger partial charge in [-0.15, -0.1) is 0 Å². The van der Waals surface area contributed by atoms with Gasteiger partial charge >= 0.3 is 0 Å². The van der Waals surface area contributed by atoms with Crippen LogP contribution in [0.25, 0.3) is 0 Å². The maximum Gasteiger partial charge on any atom is 0.0475 e. The van der Waals surface area contributed by atoms with Crippen molar-refractivity contribution in [1.29, 1.82) is 0 Å². The highest BCUT2D eigenvalue weighted by Gasteiger charge is 2.28. The lowest BCUT2D eigenvalue weighted by Crippen LogP contribution is -2.45. The highest BCUT2D eigenvalue weighted by atomic mass is 15.2. The van der Waals surface area contributed by atoms with Gasteiger partial charge in [-0.3, -0.25) is 4.90 Å². The number of rotatable bonds is 6. The molecule has 0 amide bonds. The van der Waals surface area contributed by atoms with Crippen molar-refractivity contribution in [2.45, 2.75) is 51.6 Å². The van der Waals surface area contributed by atoms with Gasteiger partial charge in [0.2, 0.25) is 0 Å². The van der Waals surface area contributed by atoms with Crippen molar-refractivity contribution in [2.24, 2.45) is 0 Å². The van der Waals surface area contributed by atoms with Crippen LogP contribution < -0.4 is 5.32 Å². The second-order valence-corrected chi connectivity index (χ2v) is 5.53. The molecule has 1 aliphatic heterocycles. The molecule has 1 heterocycles. The first kappa shape index (κ1) is 14.5. The van der Waals surface area contributed by atoms with E-state index in [0.717, 1.165) is 19.1 Å². The predicted molar refractivity (Wildman–Crippen MR) is 82.4 cm³/mol. The van der Waals surface area contributed by atoms with E-state index >= 15 is 0 Å². The van der Waals surface area contributed by atoms with E-state index in [1.165, 1.54) is 37.8 Å². The molecule has 2 atom stereocenters. The third-order valence-corrected chi connectivity index (χ3v) is 4.32. The number of likely N-dealkylation sites (tertiary alicyclic amines) is 1. The second-order valence-electron chi connectivity index (χ2n) is 5.53. The van der Waals surface area contributed by atoms with E-state index in [2.05, 4.69) is 54.4 Å². The van der Waals surface area contributed by atoms with Crippen LogP contribution in [-0.2, 0) is 0 Å². The molecule has 1 aliphatic rings. The normalized spacial score (nSPS) is 22.3. The molecule has 2 unspecified atom stereocenters. The van der Waals surface area contributed by atoms with E-state index in [1.54, 1.807) is 0 Å². The molecule has 106 valence electrons. The summed E-state index contributed by atoms with van der Waals surface area (Å²) in [6, 6.07) is 12.3. The average Bonchev–Trinajstić information content (AvgIpc) is 2.49. The minimum Gasteiger partial charge on any atom is -0.315 e. The van der Waals surface area contributed by atoms with Crippen LogP contribution in [0.1, 0.15) is 51.1 Å². The fourth-order valence-electron chi connectivity index (χ4n) is 3.25. The third-order valence-electron chi connectivity index (χ3n) is 4.32. The molecule has 2 nitrogen and oxygen atoms in total. The zero-order valence-electron chi connectivity index (χ0n) is 12.4. The first-order valence-electron chi connectivity index (χ1n) is 7.88. The van der Waals surface area contributed by atoms with Crippen LogP contribution >= 0.6 is 0 Å². The summed E-state index contributed by atoms with van der Waals surface area (Å²) < 4.78 is 0. The summed E-state index contributed by atoms with van der Waals surface area (Å²) in [6.45, 7) is 7.89. The molecule has 0 saturated carbocycles. The maximum atomic E-state index is 3.55. The fourth-order valence-corrected chi connectivity index (χ4v) is 3.25. The fraction of sp³-hybridized carbons (Fsp3) is 0.647. The largest absolute Gasteiger partial charge is 0.315 e. The first-order valence-corrected chi connectivity index (χ1v) is 7.88. The Kier molecular flexibility index (Phi) is 5.87. The smallest absolute Gasteiger partial charge is 0.0475 e. The molecule has 1 aromatic rings. The van der Waals surface area contributed by atoms with E-state index in [1.807, 2.05) is 0 Å². The van der Waals surface area contributed by atoms with Crippen molar-refractivity contribution in [3.05, 3.63) is 35.9 Å². The van der Waals surface area contributed by atoms with Gasteiger partial charge in [0, 0.05) is 18.6 Å². The molecule has 0 spiro atoms. The summed E-state index contributed by atoms with van der Waals surface area (Å²) in [5, 5.41) is 3.55. The van der Waals surface area contributed by atoms with Gasteiger partial charge in [-0.2, -0.15) is 0 Å². The minimum atomic E-state index is 0.534. The van der Waals surface area contributed by atoms with Crippen molar-refractivity contribution in [1.82, 2.24) is 10.2 Å². The van der Waals surface area contributed by atoms with Crippen molar-refractivity contribution in [3.8, 4) is 0 Å². The summed E-state index contributed by atoms with van der Waals surface area (Å²) in [6.07, 6.45) is 5.39. The number of piperidine rings is 1. The third kappa shape index (κ3) is 3.80. The lowest BCUT2D eigenvalue weighted by molar-refractivity contribution is 0.0905. The van der Waals surface area contributed by atoms with Crippen LogP contribution in [0.15, 0.2) is 30.3 Å². The molecule has 1 N–H and O–H groups in total. The van der Waals surface area contributed by atoms with Crippen LogP contribution in [0.2, 0.25) is 0 Å². The van der Waals surface area contributed by atoms with Crippen LogP contribution in [-0.4, -0.2) is 30.6 Å². The van der Waals surface area contributed by atoms with Gasteiger partial charge in [-0.1, -0.05) is 50.6 Å². The molecule has 0 aromatic heterocycles. The Morgan fingerprint density at radius 3 is 2.68 bits per heavy atom. The zero-order valence-corrected chi connectivity index (χ0v) is 12.4. The summed E-state index contributed by atoms with van der Waals surface area (Å²) >= 11 is 0. The quantitative estimate of drug-likeness (QED) is 0.840. The molecule has 0 radical (unpaired) electrons. The second kappa shape index (κ2) is 7.66. The van der Waals surface area contributed by atoms with E-state index in [9.17, 15) is 0 Å². The Bertz CT molecular complexity index is 350. The summed E-state index contributed by atoms with van der Waals surface area (Å²) in [5.74, 6) is 0. The molecule has 1 aromatic carbocycles. The first-order chi connectivity index (χ1) is 9.36. The number of nitrogens with zero attached hydrogens (tertiary/aromatic N) is 1. The van der Waals surface area contributed by atoms with Crippen molar-refractivity contribution in [3.63, 3.8) is 0 Å². The van der Waals surface area contributed by atoms with Crippen LogP contribution in [0, 0.1) is 0 Å². The Morgan fingerprint density at radius 1 is 1.21 bits per heavy atom. The summed E-state index contributed by atoms with van der Waals surface area (Å²) in [5.41, 5.74) is 1.46. The molecular weight excluding hydrogens is 232 g/mol. The summed E-state index contributed by atoms with van der Waals surface area (Å²) in [7, 11) is 0. The maximum absolute atomic E-state index is 3.55. The van der Waals surface area contributed by atoms with E-state index < -0.39 is 0 Å². The van der Waals surface area contributed by atoms with Crippen molar-refractivity contribution < 1.29 is 0 Å². The van der Waals surface area contributed by atoms with Gasteiger partial charge < -0.3 is 5.32 Å². The van der Waals surface area contributed by atoms with E-state index in [-0.39, 0.29) is 0 Å². The molecule has 1 saturated heterocycles. The molecular formula is C17H28N2. The van der Waals surface area contributed by atoms with Crippen LogP contribution in [0.4, 0.5) is 0 Å². The Hall–Kier alpha value is -0.860. The minimum absolute atomic E-state index is 0.534. The number of nitrogens with one attached hydrogen (secondary N) is 1. The van der Waals surface area contributed by atoms with Gasteiger partial charge in [-0.05, 0) is 37.9 Å². The molecule has 0 bridgehead atoms. The molecule has 19 heavy (non-hydrogen) atoms. The van der Waals surface area contributed by atoms with E-state index in [0.29, 0.717) is 6.04 Å². The Labute approximate surface area is 118 Å². The summed E-state index contributed by atoms with van der Waals surface area (Å²) in [4.78, 5) is 2.74. The lowest BCUT2D eigenvalue weighted by atomic mass is 9.95. The van der Waals surface area contributed by atoms with Crippen molar-refractivity contribution >= 4 is 0 Å².